The maximum Gasteiger partial charge on any atom is 0.237 e. The second-order valence-electron chi connectivity index (χ2n) is 5.75. The number of primary amides is 1. The molecule has 4 heteroatoms. The second kappa shape index (κ2) is 7.10. The molecule has 18 heavy (non-hydrogen) atoms. The number of hydrogen-bond acceptors (Lipinski definition) is 3. The fourth-order valence-corrected chi connectivity index (χ4v) is 2.66. The van der Waals surface area contributed by atoms with Crippen molar-refractivity contribution in [2.45, 2.75) is 64.5 Å². The van der Waals surface area contributed by atoms with Crippen LogP contribution in [0.2, 0.25) is 0 Å². The van der Waals surface area contributed by atoms with Crippen LogP contribution in [-0.2, 0) is 4.79 Å². The van der Waals surface area contributed by atoms with Crippen LogP contribution in [0.4, 0.5) is 0 Å². The molecule has 1 fully saturated rings. The summed E-state index contributed by atoms with van der Waals surface area (Å²) in [5.41, 5.74) is 4.98. The molecule has 106 valence electrons. The first-order valence-electron chi connectivity index (χ1n) is 7.28. The Bertz CT molecular complexity index is 270. The van der Waals surface area contributed by atoms with Gasteiger partial charge in [-0.05, 0) is 65.6 Å². The van der Waals surface area contributed by atoms with Gasteiger partial charge in [-0.15, -0.1) is 0 Å². The van der Waals surface area contributed by atoms with Crippen LogP contribution in [0.25, 0.3) is 0 Å². The zero-order chi connectivity index (χ0) is 13.6. The van der Waals surface area contributed by atoms with Gasteiger partial charge in [0.2, 0.25) is 5.91 Å². The zero-order valence-corrected chi connectivity index (χ0v) is 12.2. The molecule has 4 nitrogen and oxygen atoms in total. The lowest BCUT2D eigenvalue weighted by molar-refractivity contribution is -0.124. The Labute approximate surface area is 111 Å². The predicted molar refractivity (Wildman–Crippen MR) is 75.4 cm³/mol. The summed E-state index contributed by atoms with van der Waals surface area (Å²) >= 11 is 0. The van der Waals surface area contributed by atoms with E-state index in [1.165, 1.54) is 19.4 Å². The quantitative estimate of drug-likeness (QED) is 0.691. The van der Waals surface area contributed by atoms with Crippen LogP contribution in [0.3, 0.4) is 0 Å². The lowest BCUT2D eigenvalue weighted by atomic mass is 9.94. The molecule has 1 heterocycles. The highest BCUT2D eigenvalue weighted by Gasteiger charge is 2.30. The van der Waals surface area contributed by atoms with Crippen molar-refractivity contribution >= 4 is 5.91 Å². The van der Waals surface area contributed by atoms with Gasteiger partial charge < -0.3 is 16.0 Å². The van der Waals surface area contributed by atoms with E-state index in [1.807, 2.05) is 6.92 Å². The van der Waals surface area contributed by atoms with Crippen LogP contribution in [0, 0.1) is 0 Å². The van der Waals surface area contributed by atoms with Crippen LogP contribution in [0.15, 0.2) is 0 Å². The monoisotopic (exact) mass is 255 g/mol. The van der Waals surface area contributed by atoms with E-state index in [9.17, 15) is 4.79 Å². The fraction of sp³-hybridized carbons (Fsp3) is 0.929. The van der Waals surface area contributed by atoms with Gasteiger partial charge in [0.1, 0.15) is 0 Å². The molecule has 0 aromatic carbocycles. The van der Waals surface area contributed by atoms with Gasteiger partial charge in [0.15, 0.2) is 0 Å². The number of carbonyl (C=O) groups is 1. The van der Waals surface area contributed by atoms with Crippen molar-refractivity contribution < 1.29 is 4.79 Å². The molecule has 2 atom stereocenters. The number of carbonyl (C=O) groups excluding carboxylic acids is 1. The lowest BCUT2D eigenvalue weighted by Crippen LogP contribution is -2.53. The summed E-state index contributed by atoms with van der Waals surface area (Å²) in [4.78, 5) is 14.1. The maximum atomic E-state index is 11.6. The van der Waals surface area contributed by atoms with Crippen molar-refractivity contribution in [2.75, 3.05) is 19.6 Å². The first kappa shape index (κ1) is 15.4. The van der Waals surface area contributed by atoms with Gasteiger partial charge >= 0.3 is 0 Å². The Kier molecular flexibility index (Phi) is 6.09. The average molecular weight is 255 g/mol. The Morgan fingerprint density at radius 2 is 2.28 bits per heavy atom. The van der Waals surface area contributed by atoms with E-state index in [2.05, 4.69) is 24.1 Å². The van der Waals surface area contributed by atoms with Crippen molar-refractivity contribution in [2.24, 2.45) is 5.73 Å². The van der Waals surface area contributed by atoms with E-state index < -0.39 is 5.54 Å². The summed E-state index contributed by atoms with van der Waals surface area (Å²) in [6.07, 6.45) is 5.49. The molecule has 0 spiro atoms. The molecule has 1 aliphatic heterocycles. The van der Waals surface area contributed by atoms with Crippen molar-refractivity contribution in [3.8, 4) is 0 Å². The van der Waals surface area contributed by atoms with Crippen LogP contribution in [0.1, 0.15) is 52.9 Å². The maximum absolute atomic E-state index is 11.6. The predicted octanol–water partition coefficient (Wildman–Crippen LogP) is 1.49. The highest BCUT2D eigenvalue weighted by molar-refractivity contribution is 5.84. The molecule has 0 radical (unpaired) electrons. The Morgan fingerprint density at radius 1 is 1.56 bits per heavy atom. The van der Waals surface area contributed by atoms with Gasteiger partial charge in [-0.25, -0.2) is 0 Å². The number of hydrogen-bond donors (Lipinski definition) is 2. The van der Waals surface area contributed by atoms with E-state index in [0.717, 1.165) is 32.4 Å². The molecule has 0 aromatic rings. The summed E-state index contributed by atoms with van der Waals surface area (Å²) in [5, 5.41) is 3.29. The molecule has 1 amide bonds. The summed E-state index contributed by atoms with van der Waals surface area (Å²) < 4.78 is 0. The molecular formula is C14H29N3O. The highest BCUT2D eigenvalue weighted by atomic mass is 16.1. The third kappa shape index (κ3) is 4.25. The van der Waals surface area contributed by atoms with E-state index in [0.29, 0.717) is 6.04 Å². The third-order valence-corrected chi connectivity index (χ3v) is 4.12. The number of amides is 1. The molecule has 1 saturated heterocycles. The summed E-state index contributed by atoms with van der Waals surface area (Å²) in [6, 6.07) is 0.702. The van der Waals surface area contributed by atoms with E-state index in [-0.39, 0.29) is 5.91 Å². The Balaban J connectivity index is 2.35. The van der Waals surface area contributed by atoms with Crippen LogP contribution >= 0.6 is 0 Å². The standard InChI is InChI=1S/C14H29N3O/c1-4-9-16-14(3,13(15)18)8-6-11-17-10-5-7-12(17)2/h12,16H,4-11H2,1-3H3,(H2,15,18). The summed E-state index contributed by atoms with van der Waals surface area (Å²) in [5.74, 6) is -0.231. The number of likely N-dealkylation sites (tertiary alicyclic amines) is 1. The van der Waals surface area contributed by atoms with Gasteiger partial charge in [-0.3, -0.25) is 4.79 Å². The molecule has 0 bridgehead atoms. The first-order valence-corrected chi connectivity index (χ1v) is 7.28. The topological polar surface area (TPSA) is 58.4 Å². The van der Waals surface area contributed by atoms with E-state index in [4.69, 9.17) is 5.73 Å². The Hall–Kier alpha value is -0.610. The Morgan fingerprint density at radius 3 is 2.78 bits per heavy atom. The largest absolute Gasteiger partial charge is 0.368 e. The first-order chi connectivity index (χ1) is 8.49. The molecule has 0 aromatic heterocycles. The minimum absolute atomic E-state index is 0.231. The molecule has 0 saturated carbocycles. The molecular weight excluding hydrogens is 226 g/mol. The van der Waals surface area contributed by atoms with E-state index in [1.54, 1.807) is 0 Å². The third-order valence-electron chi connectivity index (χ3n) is 4.12. The number of nitrogens with two attached hydrogens (primary N) is 1. The van der Waals surface area contributed by atoms with Gasteiger partial charge in [0.25, 0.3) is 0 Å². The lowest BCUT2D eigenvalue weighted by Gasteiger charge is -2.29. The smallest absolute Gasteiger partial charge is 0.237 e. The zero-order valence-electron chi connectivity index (χ0n) is 12.2. The van der Waals surface area contributed by atoms with Crippen molar-refractivity contribution in [3.63, 3.8) is 0 Å². The minimum Gasteiger partial charge on any atom is -0.368 e. The molecule has 3 N–H and O–H groups in total. The molecule has 1 rings (SSSR count). The van der Waals surface area contributed by atoms with E-state index >= 15 is 0 Å². The van der Waals surface area contributed by atoms with Gasteiger partial charge in [-0.1, -0.05) is 6.92 Å². The fourth-order valence-electron chi connectivity index (χ4n) is 2.66. The molecule has 0 aliphatic carbocycles. The van der Waals surface area contributed by atoms with Crippen molar-refractivity contribution in [1.29, 1.82) is 0 Å². The van der Waals surface area contributed by atoms with Crippen LogP contribution in [0.5, 0.6) is 0 Å². The average Bonchev–Trinajstić information content (AvgIpc) is 2.72. The number of rotatable bonds is 8. The normalized spacial score (nSPS) is 24.1. The van der Waals surface area contributed by atoms with Gasteiger partial charge in [-0.2, -0.15) is 0 Å². The minimum atomic E-state index is -0.543. The van der Waals surface area contributed by atoms with Crippen molar-refractivity contribution in [1.82, 2.24) is 10.2 Å². The van der Waals surface area contributed by atoms with Crippen LogP contribution < -0.4 is 11.1 Å². The van der Waals surface area contributed by atoms with Gasteiger partial charge in [0.05, 0.1) is 5.54 Å². The van der Waals surface area contributed by atoms with Crippen molar-refractivity contribution in [3.05, 3.63) is 0 Å². The van der Waals surface area contributed by atoms with Crippen LogP contribution in [-0.4, -0.2) is 42.0 Å². The SMILES string of the molecule is CCCNC(C)(CCCN1CCCC1C)C(N)=O. The number of nitrogens with zero attached hydrogens (tertiary/aromatic N) is 1. The molecule has 2 unspecified atom stereocenters. The number of nitrogens with one attached hydrogen (secondary N) is 1. The molecule has 1 aliphatic rings. The van der Waals surface area contributed by atoms with Gasteiger partial charge in [0, 0.05) is 6.04 Å². The highest BCUT2D eigenvalue weighted by Crippen LogP contribution is 2.19. The second-order valence-corrected chi connectivity index (χ2v) is 5.75. The summed E-state index contributed by atoms with van der Waals surface area (Å²) in [6.45, 7) is 9.45. The summed E-state index contributed by atoms with van der Waals surface area (Å²) in [7, 11) is 0.